The molecule has 0 bridgehead atoms. The van der Waals surface area contributed by atoms with Crippen LogP contribution < -0.4 is 0 Å². The van der Waals surface area contributed by atoms with Crippen LogP contribution in [0.1, 0.15) is 36.0 Å². The molecule has 0 radical (unpaired) electrons. The van der Waals surface area contributed by atoms with Gasteiger partial charge in [-0.15, -0.1) is 0 Å². The van der Waals surface area contributed by atoms with Gasteiger partial charge in [0.25, 0.3) is 0 Å². The fourth-order valence-corrected chi connectivity index (χ4v) is 4.19. The van der Waals surface area contributed by atoms with Gasteiger partial charge in [-0.25, -0.2) is 9.18 Å². The number of halogens is 1. The van der Waals surface area contributed by atoms with Gasteiger partial charge in [-0.05, 0) is 56.1 Å². The highest BCUT2D eigenvalue weighted by molar-refractivity contribution is 6.12. The number of amides is 2. The molecule has 5 nitrogen and oxygen atoms in total. The largest absolute Gasteiger partial charge is 0.344 e. The molecule has 1 saturated heterocycles. The number of benzene rings is 1. The van der Waals surface area contributed by atoms with E-state index >= 15 is 0 Å². The number of nitrogens with zero attached hydrogens (tertiary/aromatic N) is 3. The van der Waals surface area contributed by atoms with Crippen molar-refractivity contribution in [1.82, 2.24) is 9.80 Å². The number of allylic oxidation sites excluding steroid dienone is 2. The zero-order chi connectivity index (χ0) is 19.5. The molecule has 1 fully saturated rings. The quantitative estimate of drug-likeness (QED) is 0.707. The molecule has 0 N–H and O–H groups in total. The summed E-state index contributed by atoms with van der Waals surface area (Å²) in [5, 5.41) is 0. The van der Waals surface area contributed by atoms with Gasteiger partial charge in [0.15, 0.2) is 5.78 Å². The van der Waals surface area contributed by atoms with E-state index in [1.165, 1.54) is 12.1 Å². The second-order valence-electron chi connectivity index (χ2n) is 7.52. The number of hydrogen-bond donors (Lipinski definition) is 0. The third-order valence-electron chi connectivity index (χ3n) is 5.71. The van der Waals surface area contributed by atoms with Crippen LogP contribution in [0.2, 0.25) is 0 Å². The fraction of sp³-hybridized carbons (Fsp3) is 0.409. The Balaban J connectivity index is 1.22. The van der Waals surface area contributed by atoms with Crippen molar-refractivity contribution in [2.24, 2.45) is 4.99 Å². The number of piperidine rings is 1. The van der Waals surface area contributed by atoms with Crippen molar-refractivity contribution in [3.05, 3.63) is 60.0 Å². The third kappa shape index (κ3) is 3.97. The maximum Gasteiger partial charge on any atom is 0.344 e. The summed E-state index contributed by atoms with van der Waals surface area (Å²) in [6, 6.07) is 5.81. The molecule has 1 unspecified atom stereocenters. The lowest BCUT2D eigenvalue weighted by atomic mass is 9.98. The molecule has 2 heterocycles. The lowest BCUT2D eigenvalue weighted by Gasteiger charge is -2.38. The summed E-state index contributed by atoms with van der Waals surface area (Å²) in [4.78, 5) is 33.0. The average Bonchev–Trinajstić information content (AvgIpc) is 3.05. The molecule has 2 aliphatic heterocycles. The number of carbonyl (C=O) groups excluding carboxylic acids is 2. The van der Waals surface area contributed by atoms with Crippen LogP contribution in [0.4, 0.5) is 9.18 Å². The summed E-state index contributed by atoms with van der Waals surface area (Å²) in [5.74, 6) is -0.271. The van der Waals surface area contributed by atoms with E-state index in [0.717, 1.165) is 44.6 Å². The van der Waals surface area contributed by atoms with Gasteiger partial charge in [-0.3, -0.25) is 4.79 Å². The lowest BCUT2D eigenvalue weighted by molar-refractivity contribution is 0.0962. The Hall–Kier alpha value is -2.60. The van der Waals surface area contributed by atoms with Gasteiger partial charge in [-0.1, -0.05) is 18.2 Å². The number of fused-ring (bicyclic) bond motifs is 1. The summed E-state index contributed by atoms with van der Waals surface area (Å²) in [7, 11) is 0. The van der Waals surface area contributed by atoms with Crippen LogP contribution in [0.25, 0.3) is 0 Å². The number of rotatable bonds is 6. The third-order valence-corrected chi connectivity index (χ3v) is 5.71. The highest BCUT2D eigenvalue weighted by Crippen LogP contribution is 2.26. The van der Waals surface area contributed by atoms with Crippen molar-refractivity contribution in [3.63, 3.8) is 0 Å². The van der Waals surface area contributed by atoms with Crippen LogP contribution in [0, 0.1) is 5.82 Å². The van der Waals surface area contributed by atoms with E-state index in [-0.39, 0.29) is 29.7 Å². The first-order chi connectivity index (χ1) is 13.6. The molecule has 146 valence electrons. The molecule has 1 aliphatic carbocycles. The van der Waals surface area contributed by atoms with Crippen LogP contribution in [0.15, 0.2) is 53.6 Å². The fourth-order valence-electron chi connectivity index (χ4n) is 4.19. The second-order valence-corrected chi connectivity index (χ2v) is 7.52. The van der Waals surface area contributed by atoms with E-state index in [1.807, 2.05) is 29.2 Å². The maximum atomic E-state index is 12.9. The molecule has 3 aliphatic rings. The van der Waals surface area contributed by atoms with E-state index in [2.05, 4.69) is 9.89 Å². The Labute approximate surface area is 164 Å². The first-order valence-corrected chi connectivity index (χ1v) is 9.89. The molecule has 4 rings (SSSR count). The zero-order valence-corrected chi connectivity index (χ0v) is 15.8. The molecular formula is C22H24FN3O2. The Morgan fingerprint density at radius 3 is 2.64 bits per heavy atom. The average molecular weight is 381 g/mol. The SMILES string of the molecule is O=C(CCCN1CCC(N2C(=O)N=C3C=CC=CC32)CC1)c1ccc(F)cc1. The molecular weight excluding hydrogens is 357 g/mol. The number of likely N-dealkylation sites (tertiary alicyclic amines) is 1. The van der Waals surface area contributed by atoms with E-state index < -0.39 is 0 Å². The van der Waals surface area contributed by atoms with E-state index in [9.17, 15) is 14.0 Å². The molecule has 2 amide bonds. The number of Topliss-reactive ketones (excluding diaryl/α,β-unsaturated/α-hetero) is 1. The maximum absolute atomic E-state index is 12.9. The zero-order valence-electron chi connectivity index (χ0n) is 15.8. The van der Waals surface area contributed by atoms with Gasteiger partial charge in [0.1, 0.15) is 5.82 Å². The predicted octanol–water partition coefficient (Wildman–Crippen LogP) is 3.62. The van der Waals surface area contributed by atoms with Gasteiger partial charge in [-0.2, -0.15) is 4.99 Å². The molecule has 28 heavy (non-hydrogen) atoms. The monoisotopic (exact) mass is 381 g/mol. The van der Waals surface area contributed by atoms with Crippen molar-refractivity contribution < 1.29 is 14.0 Å². The Bertz CT molecular complexity index is 836. The Morgan fingerprint density at radius 2 is 1.89 bits per heavy atom. The van der Waals surface area contributed by atoms with Crippen LogP contribution >= 0.6 is 0 Å². The van der Waals surface area contributed by atoms with Crippen LogP contribution in [-0.4, -0.2) is 59.0 Å². The molecule has 1 aromatic carbocycles. The predicted molar refractivity (Wildman–Crippen MR) is 106 cm³/mol. The topological polar surface area (TPSA) is 53.0 Å². The number of urea groups is 1. The normalized spacial score (nSPS) is 22.5. The van der Waals surface area contributed by atoms with Crippen LogP contribution in [-0.2, 0) is 0 Å². The van der Waals surface area contributed by atoms with Crippen molar-refractivity contribution in [3.8, 4) is 0 Å². The van der Waals surface area contributed by atoms with E-state index in [1.54, 1.807) is 12.1 Å². The minimum atomic E-state index is -0.326. The summed E-state index contributed by atoms with van der Waals surface area (Å²) in [5.41, 5.74) is 1.41. The first-order valence-electron chi connectivity index (χ1n) is 9.89. The van der Waals surface area contributed by atoms with E-state index in [4.69, 9.17) is 0 Å². The molecule has 1 aromatic rings. The van der Waals surface area contributed by atoms with Gasteiger partial charge in [0, 0.05) is 31.1 Å². The van der Waals surface area contributed by atoms with E-state index in [0.29, 0.717) is 12.0 Å². The van der Waals surface area contributed by atoms with Gasteiger partial charge in [0.2, 0.25) is 0 Å². The lowest BCUT2D eigenvalue weighted by Crippen LogP contribution is -2.49. The number of aliphatic imine (C=N–C) groups is 1. The van der Waals surface area contributed by atoms with Gasteiger partial charge in [0.05, 0.1) is 11.8 Å². The summed E-state index contributed by atoms with van der Waals surface area (Å²) in [6.45, 7) is 2.70. The van der Waals surface area contributed by atoms with Crippen LogP contribution in [0.3, 0.4) is 0 Å². The number of ketones is 1. The highest BCUT2D eigenvalue weighted by atomic mass is 19.1. The minimum Gasteiger partial charge on any atom is -0.308 e. The van der Waals surface area contributed by atoms with Crippen molar-refractivity contribution in [1.29, 1.82) is 0 Å². The van der Waals surface area contributed by atoms with Gasteiger partial charge < -0.3 is 9.80 Å². The molecule has 0 saturated carbocycles. The number of hydrogen-bond acceptors (Lipinski definition) is 3. The summed E-state index contributed by atoms with van der Waals surface area (Å²) >= 11 is 0. The van der Waals surface area contributed by atoms with Crippen molar-refractivity contribution in [2.75, 3.05) is 19.6 Å². The molecule has 0 aromatic heterocycles. The number of carbonyl (C=O) groups is 2. The highest BCUT2D eigenvalue weighted by Gasteiger charge is 2.38. The Kier molecular flexibility index (Phi) is 5.48. The second kappa shape index (κ2) is 8.19. The smallest absolute Gasteiger partial charge is 0.308 e. The summed E-state index contributed by atoms with van der Waals surface area (Å²) in [6.07, 6.45) is 10.9. The molecule has 6 heteroatoms. The molecule has 1 atom stereocenters. The standard InChI is InChI=1S/C22H24FN3O2/c23-17-9-7-16(8-10-17)21(27)6-3-13-25-14-11-18(12-15-25)26-20-5-2-1-4-19(20)24-22(26)28/h1-2,4-5,7-10,18,20H,3,6,11-15H2. The Morgan fingerprint density at radius 1 is 1.14 bits per heavy atom. The van der Waals surface area contributed by atoms with Crippen molar-refractivity contribution in [2.45, 2.75) is 37.8 Å². The molecule has 0 spiro atoms. The minimum absolute atomic E-state index is 0.0117. The summed E-state index contributed by atoms with van der Waals surface area (Å²) < 4.78 is 12.9. The van der Waals surface area contributed by atoms with Gasteiger partial charge >= 0.3 is 6.03 Å². The van der Waals surface area contributed by atoms with Crippen LogP contribution in [0.5, 0.6) is 0 Å². The van der Waals surface area contributed by atoms with Crippen molar-refractivity contribution >= 4 is 17.5 Å². The first kappa shape index (κ1) is 18.7.